The van der Waals surface area contributed by atoms with E-state index in [1.54, 1.807) is 13.2 Å². The number of hydrogen-bond acceptors (Lipinski definition) is 5. The minimum absolute atomic E-state index is 0.132. The van der Waals surface area contributed by atoms with Gasteiger partial charge in [0.25, 0.3) is 0 Å². The average molecular weight is 538 g/mol. The maximum atomic E-state index is 12.4. The Balaban J connectivity index is 1.73. The number of ether oxygens (including phenoxy) is 1. The lowest BCUT2D eigenvalue weighted by Crippen LogP contribution is -2.15. The average Bonchev–Trinajstić information content (AvgIpc) is 3.12. The monoisotopic (exact) mass is 536 g/mol. The zero-order valence-corrected chi connectivity index (χ0v) is 19.6. The van der Waals surface area contributed by atoms with Gasteiger partial charge in [-0.15, -0.1) is 16.8 Å². The van der Waals surface area contributed by atoms with E-state index in [2.05, 4.69) is 54.0 Å². The van der Waals surface area contributed by atoms with Gasteiger partial charge in [-0.2, -0.15) is 0 Å². The van der Waals surface area contributed by atoms with Crippen LogP contribution in [0, 0.1) is 0 Å². The van der Waals surface area contributed by atoms with Crippen LogP contribution in [0.3, 0.4) is 0 Å². The van der Waals surface area contributed by atoms with Crippen molar-refractivity contribution in [3.8, 4) is 17.1 Å². The van der Waals surface area contributed by atoms with Crippen LogP contribution in [-0.4, -0.2) is 33.5 Å². The first-order valence-electron chi connectivity index (χ1n) is 8.58. The number of nitrogens with one attached hydrogen (secondary N) is 1. The van der Waals surface area contributed by atoms with Gasteiger partial charge < -0.3 is 10.1 Å². The van der Waals surface area contributed by atoms with Crippen LogP contribution >= 0.6 is 43.6 Å². The molecule has 3 rings (SSSR count). The minimum atomic E-state index is -0.132. The summed E-state index contributed by atoms with van der Waals surface area (Å²) in [5, 5.41) is 12.1. The highest BCUT2D eigenvalue weighted by Gasteiger charge is 2.15. The first-order valence-corrected chi connectivity index (χ1v) is 11.1. The maximum Gasteiger partial charge on any atom is 0.234 e. The fourth-order valence-corrected chi connectivity index (χ4v) is 4.01. The molecular weight excluding hydrogens is 520 g/mol. The van der Waals surface area contributed by atoms with Gasteiger partial charge in [0.05, 0.1) is 18.6 Å². The summed E-state index contributed by atoms with van der Waals surface area (Å²) in [5.41, 5.74) is 1.62. The number of carbonyl (C=O) groups excluding carboxylic acids is 1. The summed E-state index contributed by atoms with van der Waals surface area (Å²) in [6.07, 6.45) is 1.78. The van der Waals surface area contributed by atoms with E-state index < -0.39 is 0 Å². The van der Waals surface area contributed by atoms with Crippen molar-refractivity contribution in [3.05, 3.63) is 64.1 Å². The second-order valence-electron chi connectivity index (χ2n) is 5.89. The Morgan fingerprint density at radius 2 is 2.00 bits per heavy atom. The fourth-order valence-electron chi connectivity index (χ4n) is 2.55. The number of carbonyl (C=O) groups is 1. The molecule has 0 atom stereocenters. The second-order valence-corrected chi connectivity index (χ2v) is 8.61. The molecule has 0 bridgehead atoms. The zero-order chi connectivity index (χ0) is 20.8. The highest BCUT2D eigenvalue weighted by atomic mass is 79.9. The number of aromatic nitrogens is 3. The summed E-state index contributed by atoms with van der Waals surface area (Å²) < 4.78 is 8.84. The number of hydrogen-bond donors (Lipinski definition) is 1. The minimum Gasteiger partial charge on any atom is -0.497 e. The predicted octanol–water partition coefficient (Wildman–Crippen LogP) is 5.40. The molecule has 1 aromatic heterocycles. The number of halogens is 2. The molecule has 0 aliphatic carbocycles. The van der Waals surface area contributed by atoms with Crippen molar-refractivity contribution in [2.75, 3.05) is 18.2 Å². The Labute approximate surface area is 190 Å². The molecule has 1 N–H and O–H groups in total. The molecule has 0 unspecified atom stereocenters. The topological polar surface area (TPSA) is 69.0 Å². The van der Waals surface area contributed by atoms with Crippen LogP contribution in [0.2, 0.25) is 0 Å². The molecule has 0 saturated carbocycles. The van der Waals surface area contributed by atoms with Gasteiger partial charge in [0.15, 0.2) is 11.0 Å². The lowest BCUT2D eigenvalue weighted by atomic mass is 10.2. The van der Waals surface area contributed by atoms with Gasteiger partial charge in [0, 0.05) is 21.1 Å². The molecule has 29 heavy (non-hydrogen) atoms. The summed E-state index contributed by atoms with van der Waals surface area (Å²) in [6.45, 7) is 4.35. The van der Waals surface area contributed by atoms with Crippen LogP contribution in [0.4, 0.5) is 5.69 Å². The summed E-state index contributed by atoms with van der Waals surface area (Å²) >= 11 is 8.17. The highest BCUT2D eigenvalue weighted by molar-refractivity contribution is 9.11. The molecule has 0 radical (unpaired) electrons. The third-order valence-corrected chi connectivity index (χ3v) is 6.06. The van der Waals surface area contributed by atoms with Crippen LogP contribution < -0.4 is 10.1 Å². The van der Waals surface area contributed by atoms with Crippen LogP contribution in [0.25, 0.3) is 11.4 Å². The number of allylic oxidation sites excluding steroid dienone is 1. The third kappa shape index (κ3) is 5.49. The van der Waals surface area contributed by atoms with Gasteiger partial charge in [0.2, 0.25) is 5.91 Å². The third-order valence-electron chi connectivity index (χ3n) is 3.91. The molecule has 6 nitrogen and oxygen atoms in total. The van der Waals surface area contributed by atoms with E-state index in [1.807, 2.05) is 47.0 Å². The summed E-state index contributed by atoms with van der Waals surface area (Å²) in [7, 11) is 1.63. The molecule has 0 fully saturated rings. The van der Waals surface area contributed by atoms with Crippen molar-refractivity contribution < 1.29 is 9.53 Å². The van der Waals surface area contributed by atoms with Crippen molar-refractivity contribution in [3.63, 3.8) is 0 Å². The zero-order valence-electron chi connectivity index (χ0n) is 15.6. The van der Waals surface area contributed by atoms with Gasteiger partial charge >= 0.3 is 0 Å². The van der Waals surface area contributed by atoms with Crippen LogP contribution in [0.5, 0.6) is 5.75 Å². The van der Waals surface area contributed by atoms with E-state index in [1.165, 1.54) is 11.8 Å². The number of methoxy groups -OCH3 is 1. The van der Waals surface area contributed by atoms with Gasteiger partial charge in [-0.25, -0.2) is 0 Å². The lowest BCUT2D eigenvalue weighted by molar-refractivity contribution is -0.113. The summed E-state index contributed by atoms with van der Waals surface area (Å²) in [4.78, 5) is 12.4. The predicted molar refractivity (Wildman–Crippen MR) is 123 cm³/mol. The molecular formula is C20H18Br2N4O2S. The number of anilines is 1. The molecule has 1 heterocycles. The number of rotatable bonds is 8. The van der Waals surface area contributed by atoms with E-state index in [0.717, 1.165) is 20.3 Å². The first-order chi connectivity index (χ1) is 14.0. The molecule has 2 aromatic carbocycles. The molecule has 1 amide bonds. The Morgan fingerprint density at radius 1 is 1.24 bits per heavy atom. The molecule has 3 aromatic rings. The quantitative estimate of drug-likeness (QED) is 0.308. The largest absolute Gasteiger partial charge is 0.497 e. The van der Waals surface area contributed by atoms with E-state index >= 15 is 0 Å². The van der Waals surface area contributed by atoms with Crippen molar-refractivity contribution >= 4 is 55.2 Å². The SMILES string of the molecule is C=CCn1c(SCC(=O)Nc2cc(Br)ccc2Br)nnc1-c1ccc(OC)cc1. The van der Waals surface area contributed by atoms with Gasteiger partial charge in [-0.3, -0.25) is 9.36 Å². The Hall–Kier alpha value is -2.10. The van der Waals surface area contributed by atoms with Gasteiger partial charge in [0.1, 0.15) is 5.75 Å². The summed E-state index contributed by atoms with van der Waals surface area (Å²) in [6, 6.07) is 13.2. The number of thioether (sulfide) groups is 1. The first kappa shape index (κ1) is 21.6. The van der Waals surface area contributed by atoms with E-state index in [-0.39, 0.29) is 11.7 Å². The fraction of sp³-hybridized carbons (Fsp3) is 0.150. The van der Waals surface area contributed by atoms with Crippen LogP contribution in [0.1, 0.15) is 0 Å². The van der Waals surface area contributed by atoms with Crippen LogP contribution in [-0.2, 0) is 11.3 Å². The molecule has 150 valence electrons. The van der Waals surface area contributed by atoms with Gasteiger partial charge in [-0.1, -0.05) is 33.8 Å². The molecule has 0 aliphatic rings. The standard InChI is InChI=1S/C20H18Br2N4O2S/c1-3-10-26-19(13-4-7-15(28-2)8-5-13)24-25-20(26)29-12-18(27)23-17-11-14(21)6-9-16(17)22/h3-9,11H,1,10,12H2,2H3,(H,23,27). The van der Waals surface area contributed by atoms with Crippen molar-refractivity contribution in [2.45, 2.75) is 11.7 Å². The summed E-state index contributed by atoms with van der Waals surface area (Å²) in [5.74, 6) is 1.56. The van der Waals surface area contributed by atoms with E-state index in [0.29, 0.717) is 23.2 Å². The highest BCUT2D eigenvalue weighted by Crippen LogP contribution is 2.28. The lowest BCUT2D eigenvalue weighted by Gasteiger charge is -2.09. The van der Waals surface area contributed by atoms with Crippen molar-refractivity contribution in [1.82, 2.24) is 14.8 Å². The Kier molecular flexibility index (Phi) is 7.51. The van der Waals surface area contributed by atoms with E-state index in [9.17, 15) is 4.79 Å². The van der Waals surface area contributed by atoms with Gasteiger partial charge in [-0.05, 0) is 58.4 Å². The smallest absolute Gasteiger partial charge is 0.234 e. The van der Waals surface area contributed by atoms with Crippen LogP contribution in [0.15, 0.2) is 69.2 Å². The number of nitrogens with zero attached hydrogens (tertiary/aromatic N) is 3. The van der Waals surface area contributed by atoms with E-state index in [4.69, 9.17) is 4.74 Å². The molecule has 0 aliphatic heterocycles. The Bertz CT molecular complexity index is 1020. The second kappa shape index (κ2) is 10.1. The maximum absolute atomic E-state index is 12.4. The molecule has 0 saturated heterocycles. The number of benzene rings is 2. The van der Waals surface area contributed by atoms with Crippen molar-refractivity contribution in [2.24, 2.45) is 0 Å². The normalized spacial score (nSPS) is 10.6. The number of amides is 1. The van der Waals surface area contributed by atoms with Crippen molar-refractivity contribution in [1.29, 1.82) is 0 Å². The molecule has 0 spiro atoms. The molecule has 9 heteroatoms. The Morgan fingerprint density at radius 3 is 2.69 bits per heavy atom.